The molecule has 0 atom stereocenters. The van der Waals surface area contributed by atoms with Crippen molar-refractivity contribution in [1.82, 2.24) is 9.21 Å². The molecule has 0 radical (unpaired) electrons. The van der Waals surface area contributed by atoms with Crippen LogP contribution < -0.4 is 4.74 Å². The Bertz CT molecular complexity index is 1180. The molecule has 0 bridgehead atoms. The summed E-state index contributed by atoms with van der Waals surface area (Å²) in [5.41, 5.74) is 2.56. The van der Waals surface area contributed by atoms with Crippen LogP contribution in [0.5, 0.6) is 11.5 Å². The molecule has 0 spiro atoms. The molecule has 3 heterocycles. The summed E-state index contributed by atoms with van der Waals surface area (Å²) in [5.74, 6) is 1.38. The highest BCUT2D eigenvalue weighted by atomic mass is 32.2. The van der Waals surface area contributed by atoms with E-state index in [4.69, 9.17) is 4.74 Å². The van der Waals surface area contributed by atoms with Gasteiger partial charge in [0.25, 0.3) is 0 Å². The molecule has 32 heavy (non-hydrogen) atoms. The van der Waals surface area contributed by atoms with Crippen LogP contribution in [0.4, 0.5) is 0 Å². The standard InChI is InChI=1S/C25H28N2O3S2/c1-19-3-2-4-23(17-19)30-22-5-7-24(8-6-22)32(28,29)27-14-9-21(10-15-27)26-13-11-25-20(18-26)12-16-31-25/h2-8,12,16-17,21H,9-11,13-15,18H2,1H3. The first-order valence-electron chi connectivity index (χ1n) is 11.1. The third kappa shape index (κ3) is 4.48. The average molecular weight is 469 g/mol. The molecule has 0 unspecified atom stereocenters. The van der Waals surface area contributed by atoms with Crippen molar-refractivity contribution in [2.75, 3.05) is 19.6 Å². The van der Waals surface area contributed by atoms with Crippen molar-refractivity contribution in [3.05, 3.63) is 76.0 Å². The molecule has 0 aliphatic carbocycles. The Hall–Kier alpha value is -2.19. The second kappa shape index (κ2) is 8.98. The lowest BCUT2D eigenvalue weighted by molar-refractivity contribution is 0.127. The van der Waals surface area contributed by atoms with Crippen molar-refractivity contribution in [3.63, 3.8) is 0 Å². The molecule has 7 heteroatoms. The van der Waals surface area contributed by atoms with Crippen LogP contribution in [0.3, 0.4) is 0 Å². The molecule has 0 amide bonds. The van der Waals surface area contributed by atoms with Gasteiger partial charge in [0.1, 0.15) is 11.5 Å². The van der Waals surface area contributed by atoms with E-state index in [1.165, 1.54) is 10.4 Å². The first-order chi connectivity index (χ1) is 15.5. The molecular weight excluding hydrogens is 440 g/mol. The summed E-state index contributed by atoms with van der Waals surface area (Å²) in [5, 5.41) is 2.18. The molecule has 0 N–H and O–H groups in total. The number of ether oxygens (including phenoxy) is 1. The minimum Gasteiger partial charge on any atom is -0.457 e. The number of hydrogen-bond acceptors (Lipinski definition) is 5. The quantitative estimate of drug-likeness (QED) is 0.525. The number of thiophene rings is 1. The van der Waals surface area contributed by atoms with Crippen molar-refractivity contribution in [2.24, 2.45) is 0 Å². The second-order valence-corrected chi connectivity index (χ2v) is 11.6. The van der Waals surface area contributed by atoms with Crippen LogP contribution in [0, 0.1) is 6.92 Å². The average Bonchev–Trinajstić information content (AvgIpc) is 3.28. The number of fused-ring (bicyclic) bond motifs is 1. The summed E-state index contributed by atoms with van der Waals surface area (Å²) in [6.45, 7) is 5.23. The summed E-state index contributed by atoms with van der Waals surface area (Å²) in [4.78, 5) is 4.38. The number of benzene rings is 2. The van der Waals surface area contributed by atoms with Gasteiger partial charge in [0.2, 0.25) is 10.0 Å². The van der Waals surface area contributed by atoms with E-state index in [1.54, 1.807) is 28.6 Å². The summed E-state index contributed by atoms with van der Waals surface area (Å²) < 4.78 is 33.9. The molecule has 0 saturated carbocycles. The van der Waals surface area contributed by atoms with E-state index in [0.29, 0.717) is 29.8 Å². The summed E-state index contributed by atoms with van der Waals surface area (Å²) in [7, 11) is -3.49. The number of piperidine rings is 1. The number of nitrogens with zero attached hydrogens (tertiary/aromatic N) is 2. The predicted octanol–water partition coefficient (Wildman–Crippen LogP) is 5.06. The molecule has 5 nitrogen and oxygen atoms in total. The largest absolute Gasteiger partial charge is 0.457 e. The maximum absolute atomic E-state index is 13.2. The third-order valence-corrected chi connectivity index (χ3v) is 9.40. The van der Waals surface area contributed by atoms with Gasteiger partial charge in [-0.15, -0.1) is 11.3 Å². The molecule has 168 valence electrons. The van der Waals surface area contributed by atoms with Gasteiger partial charge in [-0.2, -0.15) is 4.31 Å². The van der Waals surface area contributed by atoms with Gasteiger partial charge in [-0.1, -0.05) is 12.1 Å². The molecule has 2 aliphatic heterocycles. The van der Waals surface area contributed by atoms with Gasteiger partial charge in [0, 0.05) is 37.1 Å². The molecule has 3 aromatic rings. The number of hydrogen-bond donors (Lipinski definition) is 0. The zero-order valence-electron chi connectivity index (χ0n) is 18.2. The van der Waals surface area contributed by atoms with Crippen LogP contribution in [0.1, 0.15) is 28.8 Å². The van der Waals surface area contributed by atoms with E-state index < -0.39 is 10.0 Å². The van der Waals surface area contributed by atoms with Crippen molar-refractivity contribution in [1.29, 1.82) is 0 Å². The lowest BCUT2D eigenvalue weighted by Gasteiger charge is -2.39. The molecule has 2 aliphatic rings. The Morgan fingerprint density at radius 1 is 0.969 bits per heavy atom. The summed E-state index contributed by atoms with van der Waals surface area (Å²) >= 11 is 1.85. The number of rotatable bonds is 5. The van der Waals surface area contributed by atoms with Crippen molar-refractivity contribution >= 4 is 21.4 Å². The van der Waals surface area contributed by atoms with Gasteiger partial charge in [-0.3, -0.25) is 4.90 Å². The third-order valence-electron chi connectivity index (χ3n) is 6.46. The van der Waals surface area contributed by atoms with Crippen LogP contribution in [0.25, 0.3) is 0 Å². The van der Waals surface area contributed by atoms with E-state index in [0.717, 1.165) is 43.7 Å². The van der Waals surface area contributed by atoms with Crippen LogP contribution in [-0.4, -0.2) is 43.3 Å². The Balaban J connectivity index is 1.21. The van der Waals surface area contributed by atoms with Gasteiger partial charge < -0.3 is 4.74 Å². The van der Waals surface area contributed by atoms with Crippen molar-refractivity contribution < 1.29 is 13.2 Å². The molecule has 2 aromatic carbocycles. The fourth-order valence-corrected chi connectivity index (χ4v) is 7.03. The Morgan fingerprint density at radius 3 is 2.50 bits per heavy atom. The van der Waals surface area contributed by atoms with Crippen LogP contribution in [0.2, 0.25) is 0 Å². The summed E-state index contributed by atoms with van der Waals surface area (Å²) in [6.07, 6.45) is 2.88. The minimum atomic E-state index is -3.49. The zero-order chi connectivity index (χ0) is 22.1. The number of sulfonamides is 1. The Labute approximate surface area is 194 Å². The molecule has 1 aromatic heterocycles. The topological polar surface area (TPSA) is 49.9 Å². The number of aryl methyl sites for hydroxylation is 1. The highest BCUT2D eigenvalue weighted by Crippen LogP contribution is 2.30. The van der Waals surface area contributed by atoms with E-state index in [1.807, 2.05) is 42.5 Å². The van der Waals surface area contributed by atoms with Crippen LogP contribution in [0.15, 0.2) is 64.9 Å². The van der Waals surface area contributed by atoms with Crippen LogP contribution >= 0.6 is 11.3 Å². The van der Waals surface area contributed by atoms with Crippen molar-refractivity contribution in [3.8, 4) is 11.5 Å². The second-order valence-electron chi connectivity index (χ2n) is 8.61. The predicted molar refractivity (Wildman–Crippen MR) is 128 cm³/mol. The molecular formula is C25H28N2O3S2. The highest BCUT2D eigenvalue weighted by Gasteiger charge is 2.33. The maximum Gasteiger partial charge on any atom is 0.243 e. The van der Waals surface area contributed by atoms with E-state index in [-0.39, 0.29) is 0 Å². The SMILES string of the molecule is Cc1cccc(Oc2ccc(S(=O)(=O)N3CCC(N4CCc5sccc5C4)CC3)cc2)c1. The molecule has 5 rings (SSSR count). The first kappa shape index (κ1) is 21.6. The fraction of sp³-hybridized carbons (Fsp3) is 0.360. The fourth-order valence-electron chi connectivity index (χ4n) is 4.67. The lowest BCUT2D eigenvalue weighted by Crippen LogP contribution is -2.47. The van der Waals surface area contributed by atoms with Crippen molar-refractivity contribution in [2.45, 2.75) is 43.7 Å². The minimum absolute atomic E-state index is 0.327. The van der Waals surface area contributed by atoms with E-state index >= 15 is 0 Å². The molecule has 1 saturated heterocycles. The van der Waals surface area contributed by atoms with E-state index in [2.05, 4.69) is 16.3 Å². The smallest absolute Gasteiger partial charge is 0.243 e. The molecule has 1 fully saturated rings. The normalized spacial score (nSPS) is 18.4. The Morgan fingerprint density at radius 2 is 1.75 bits per heavy atom. The zero-order valence-corrected chi connectivity index (χ0v) is 19.9. The van der Waals surface area contributed by atoms with Gasteiger partial charge in [-0.05, 0) is 85.2 Å². The lowest BCUT2D eigenvalue weighted by atomic mass is 10.0. The van der Waals surface area contributed by atoms with Crippen LogP contribution in [-0.2, 0) is 23.0 Å². The van der Waals surface area contributed by atoms with E-state index in [9.17, 15) is 8.42 Å². The van der Waals surface area contributed by atoms with Gasteiger partial charge in [0.05, 0.1) is 4.90 Å². The monoisotopic (exact) mass is 468 g/mol. The highest BCUT2D eigenvalue weighted by molar-refractivity contribution is 7.89. The Kier molecular flexibility index (Phi) is 6.07. The van der Waals surface area contributed by atoms with Gasteiger partial charge >= 0.3 is 0 Å². The van der Waals surface area contributed by atoms with Gasteiger partial charge in [0.15, 0.2) is 0 Å². The summed E-state index contributed by atoms with van der Waals surface area (Å²) in [6, 6.07) is 17.2. The first-order valence-corrected chi connectivity index (χ1v) is 13.4. The van der Waals surface area contributed by atoms with Gasteiger partial charge in [-0.25, -0.2) is 8.42 Å². The maximum atomic E-state index is 13.2.